The van der Waals surface area contributed by atoms with Gasteiger partial charge in [0.05, 0.1) is 5.92 Å². The third-order valence-corrected chi connectivity index (χ3v) is 4.01. The average Bonchev–Trinajstić information content (AvgIpc) is 2.43. The molecule has 2 amide bonds. The van der Waals surface area contributed by atoms with Gasteiger partial charge in [-0.2, -0.15) is 0 Å². The van der Waals surface area contributed by atoms with Crippen LogP contribution in [0.4, 0.5) is 5.69 Å². The molecule has 4 heteroatoms. The van der Waals surface area contributed by atoms with E-state index in [1.807, 2.05) is 32.0 Å². The summed E-state index contributed by atoms with van der Waals surface area (Å²) in [5.74, 6) is -0.0397. The molecule has 1 N–H and O–H groups in total. The zero-order valence-electron chi connectivity index (χ0n) is 12.4. The summed E-state index contributed by atoms with van der Waals surface area (Å²) >= 11 is 0. The molecular formula is C16H22N2O2. The molecule has 0 aliphatic carbocycles. The van der Waals surface area contributed by atoms with Crippen molar-refractivity contribution in [1.29, 1.82) is 0 Å². The quantitative estimate of drug-likeness (QED) is 0.900. The lowest BCUT2D eigenvalue weighted by Crippen LogP contribution is -2.42. The fourth-order valence-electron chi connectivity index (χ4n) is 2.54. The first-order chi connectivity index (χ1) is 9.47. The number of benzene rings is 1. The average molecular weight is 274 g/mol. The van der Waals surface area contributed by atoms with Crippen LogP contribution in [0.2, 0.25) is 0 Å². The van der Waals surface area contributed by atoms with Gasteiger partial charge in [-0.25, -0.2) is 0 Å². The van der Waals surface area contributed by atoms with E-state index in [-0.39, 0.29) is 17.7 Å². The lowest BCUT2D eigenvalue weighted by Gasteiger charge is -2.31. The van der Waals surface area contributed by atoms with Crippen molar-refractivity contribution >= 4 is 17.5 Å². The second kappa shape index (κ2) is 6.07. The Balaban J connectivity index is 2.00. The Bertz CT molecular complexity index is 525. The minimum Gasteiger partial charge on any atom is -0.342 e. The highest BCUT2D eigenvalue weighted by atomic mass is 16.2. The highest BCUT2D eigenvalue weighted by molar-refractivity contribution is 5.93. The topological polar surface area (TPSA) is 49.4 Å². The van der Waals surface area contributed by atoms with E-state index < -0.39 is 0 Å². The lowest BCUT2D eigenvalue weighted by molar-refractivity contribution is -0.132. The Morgan fingerprint density at radius 3 is 2.65 bits per heavy atom. The van der Waals surface area contributed by atoms with Crippen LogP contribution in [0.5, 0.6) is 0 Å². The van der Waals surface area contributed by atoms with Gasteiger partial charge in [0, 0.05) is 25.7 Å². The number of amides is 2. The largest absolute Gasteiger partial charge is 0.342 e. The fraction of sp³-hybridized carbons (Fsp3) is 0.500. The van der Waals surface area contributed by atoms with Gasteiger partial charge in [0.25, 0.3) is 0 Å². The molecule has 108 valence electrons. The molecule has 0 unspecified atom stereocenters. The molecule has 1 aromatic carbocycles. The van der Waals surface area contributed by atoms with E-state index in [2.05, 4.69) is 5.32 Å². The number of nitrogens with zero attached hydrogens (tertiary/aromatic N) is 1. The van der Waals surface area contributed by atoms with Gasteiger partial charge in [-0.1, -0.05) is 6.07 Å². The summed E-state index contributed by atoms with van der Waals surface area (Å²) in [6, 6.07) is 5.91. The molecule has 1 aliphatic heterocycles. The SMILES string of the molecule is CC(=O)N1CCC[C@@H](C(=O)Nc2ccc(C)c(C)c2)C1. The van der Waals surface area contributed by atoms with Gasteiger partial charge in [0.1, 0.15) is 0 Å². The van der Waals surface area contributed by atoms with E-state index in [4.69, 9.17) is 0 Å². The van der Waals surface area contributed by atoms with Gasteiger partial charge in [0.2, 0.25) is 11.8 Å². The van der Waals surface area contributed by atoms with Crippen LogP contribution in [-0.4, -0.2) is 29.8 Å². The molecule has 1 atom stereocenters. The first-order valence-corrected chi connectivity index (χ1v) is 7.11. The lowest BCUT2D eigenvalue weighted by atomic mass is 9.97. The third kappa shape index (κ3) is 3.38. The molecule has 1 aliphatic rings. The van der Waals surface area contributed by atoms with Gasteiger partial charge in [-0.05, 0) is 49.9 Å². The van der Waals surface area contributed by atoms with Crippen LogP contribution >= 0.6 is 0 Å². The van der Waals surface area contributed by atoms with E-state index in [0.29, 0.717) is 6.54 Å². The Morgan fingerprint density at radius 1 is 1.25 bits per heavy atom. The number of hydrogen-bond donors (Lipinski definition) is 1. The summed E-state index contributed by atoms with van der Waals surface area (Å²) in [5.41, 5.74) is 3.21. The van der Waals surface area contributed by atoms with Crippen molar-refractivity contribution in [1.82, 2.24) is 4.90 Å². The zero-order valence-corrected chi connectivity index (χ0v) is 12.4. The zero-order chi connectivity index (χ0) is 14.7. The van der Waals surface area contributed by atoms with Crippen molar-refractivity contribution in [2.75, 3.05) is 18.4 Å². The maximum atomic E-state index is 12.3. The molecule has 0 spiro atoms. The molecule has 1 saturated heterocycles. The summed E-state index contributed by atoms with van der Waals surface area (Å²) < 4.78 is 0. The second-order valence-corrected chi connectivity index (χ2v) is 5.59. The molecule has 1 fully saturated rings. The standard InChI is InChI=1S/C16H22N2O2/c1-11-6-7-15(9-12(11)2)17-16(20)14-5-4-8-18(10-14)13(3)19/h6-7,9,14H,4-5,8,10H2,1-3H3,(H,17,20)/t14-/m1/s1. The number of hydrogen-bond acceptors (Lipinski definition) is 2. The summed E-state index contributed by atoms with van der Waals surface area (Å²) in [7, 11) is 0. The van der Waals surface area contributed by atoms with Crippen molar-refractivity contribution in [3.63, 3.8) is 0 Å². The van der Waals surface area contributed by atoms with Crippen LogP contribution in [0.1, 0.15) is 30.9 Å². The van der Waals surface area contributed by atoms with Crippen molar-refractivity contribution in [3.05, 3.63) is 29.3 Å². The normalized spacial score (nSPS) is 18.8. The molecule has 1 aromatic rings. The molecule has 0 bridgehead atoms. The van der Waals surface area contributed by atoms with Crippen LogP contribution in [0, 0.1) is 19.8 Å². The number of anilines is 1. The van der Waals surface area contributed by atoms with E-state index >= 15 is 0 Å². The molecule has 20 heavy (non-hydrogen) atoms. The summed E-state index contributed by atoms with van der Waals surface area (Å²) in [4.78, 5) is 25.4. The fourth-order valence-corrected chi connectivity index (χ4v) is 2.54. The molecule has 0 saturated carbocycles. The molecule has 1 heterocycles. The minimum absolute atomic E-state index is 0.0132. The number of piperidine rings is 1. The second-order valence-electron chi connectivity index (χ2n) is 5.59. The van der Waals surface area contributed by atoms with Gasteiger partial charge >= 0.3 is 0 Å². The van der Waals surface area contributed by atoms with E-state index in [9.17, 15) is 9.59 Å². The summed E-state index contributed by atoms with van der Waals surface area (Å²) in [6.07, 6.45) is 1.74. The van der Waals surface area contributed by atoms with Gasteiger partial charge < -0.3 is 10.2 Å². The minimum atomic E-state index is -0.103. The molecule has 0 aromatic heterocycles. The molecule has 0 radical (unpaired) electrons. The predicted octanol–water partition coefficient (Wildman–Crippen LogP) is 2.50. The first kappa shape index (κ1) is 14.6. The maximum Gasteiger partial charge on any atom is 0.229 e. The summed E-state index contributed by atoms with van der Waals surface area (Å²) in [5, 5.41) is 2.96. The monoisotopic (exact) mass is 274 g/mol. The third-order valence-electron chi connectivity index (χ3n) is 4.01. The number of aryl methyl sites for hydroxylation is 2. The Hall–Kier alpha value is -1.84. The Kier molecular flexibility index (Phi) is 4.42. The maximum absolute atomic E-state index is 12.3. The first-order valence-electron chi connectivity index (χ1n) is 7.11. The number of likely N-dealkylation sites (tertiary alicyclic amines) is 1. The van der Waals surface area contributed by atoms with Gasteiger partial charge in [-0.3, -0.25) is 9.59 Å². The number of rotatable bonds is 2. The number of carbonyl (C=O) groups is 2. The smallest absolute Gasteiger partial charge is 0.229 e. The van der Waals surface area contributed by atoms with Crippen molar-refractivity contribution in [3.8, 4) is 0 Å². The van der Waals surface area contributed by atoms with Crippen molar-refractivity contribution in [2.45, 2.75) is 33.6 Å². The number of nitrogens with one attached hydrogen (secondary N) is 1. The van der Waals surface area contributed by atoms with E-state index in [1.165, 1.54) is 5.56 Å². The Labute approximate surface area is 120 Å². The van der Waals surface area contributed by atoms with Crippen LogP contribution in [0.3, 0.4) is 0 Å². The highest BCUT2D eigenvalue weighted by Gasteiger charge is 2.26. The predicted molar refractivity (Wildman–Crippen MR) is 79.5 cm³/mol. The van der Waals surface area contributed by atoms with Crippen molar-refractivity contribution in [2.24, 2.45) is 5.92 Å². The van der Waals surface area contributed by atoms with E-state index in [1.54, 1.807) is 11.8 Å². The van der Waals surface area contributed by atoms with Crippen molar-refractivity contribution < 1.29 is 9.59 Å². The number of carbonyl (C=O) groups excluding carboxylic acids is 2. The summed E-state index contributed by atoms with van der Waals surface area (Å²) in [6.45, 7) is 6.94. The van der Waals surface area contributed by atoms with Gasteiger partial charge in [0.15, 0.2) is 0 Å². The highest BCUT2D eigenvalue weighted by Crippen LogP contribution is 2.20. The molecular weight excluding hydrogens is 252 g/mol. The van der Waals surface area contributed by atoms with E-state index in [0.717, 1.165) is 30.6 Å². The Morgan fingerprint density at radius 2 is 2.00 bits per heavy atom. The van der Waals surface area contributed by atoms with Crippen LogP contribution < -0.4 is 5.32 Å². The van der Waals surface area contributed by atoms with Gasteiger partial charge in [-0.15, -0.1) is 0 Å². The van der Waals surface area contributed by atoms with Crippen LogP contribution in [-0.2, 0) is 9.59 Å². The molecule has 4 nitrogen and oxygen atoms in total. The molecule has 2 rings (SSSR count). The van der Waals surface area contributed by atoms with Crippen LogP contribution in [0.25, 0.3) is 0 Å². The van der Waals surface area contributed by atoms with Crippen LogP contribution in [0.15, 0.2) is 18.2 Å².